The minimum atomic E-state index is -0.411. The van der Waals surface area contributed by atoms with Crippen LogP contribution < -0.4 is 5.32 Å². The zero-order valence-electron chi connectivity index (χ0n) is 10.2. The minimum Gasteiger partial charge on any atom is -0.381 e. The number of anilines is 1. The molecule has 4 heteroatoms. The van der Waals surface area contributed by atoms with Crippen LogP contribution in [0.2, 0.25) is 5.02 Å². The molecule has 0 aliphatic heterocycles. The molecule has 2 rings (SSSR count). The van der Waals surface area contributed by atoms with Crippen LogP contribution in [-0.2, 0) is 13.0 Å². The van der Waals surface area contributed by atoms with Gasteiger partial charge in [-0.25, -0.2) is 4.39 Å². The Morgan fingerprint density at radius 2 is 1.79 bits per heavy atom. The van der Waals surface area contributed by atoms with Crippen molar-refractivity contribution in [2.24, 2.45) is 0 Å². The average Bonchev–Trinajstić information content (AvgIpc) is 2.42. The van der Waals surface area contributed by atoms with E-state index in [2.05, 4.69) is 11.4 Å². The molecular weight excluding hydrogens is 263 g/mol. The molecule has 0 aromatic heterocycles. The molecule has 0 aliphatic carbocycles. The summed E-state index contributed by atoms with van der Waals surface area (Å²) in [5.74, 6) is -0.411. The lowest BCUT2D eigenvalue weighted by Crippen LogP contribution is -1.99. The van der Waals surface area contributed by atoms with Gasteiger partial charge in [-0.2, -0.15) is 5.26 Å². The molecule has 0 heterocycles. The van der Waals surface area contributed by atoms with E-state index in [4.69, 9.17) is 16.9 Å². The quantitative estimate of drug-likeness (QED) is 0.909. The van der Waals surface area contributed by atoms with Crippen molar-refractivity contribution in [2.45, 2.75) is 13.0 Å². The summed E-state index contributed by atoms with van der Waals surface area (Å²) in [7, 11) is 0. The summed E-state index contributed by atoms with van der Waals surface area (Å²) in [4.78, 5) is 0. The molecule has 0 saturated heterocycles. The molecule has 0 aliphatic rings. The van der Waals surface area contributed by atoms with Gasteiger partial charge in [0.1, 0.15) is 5.82 Å². The predicted octanol–water partition coefficient (Wildman–Crippen LogP) is 4.16. The van der Waals surface area contributed by atoms with Crippen LogP contribution in [0.1, 0.15) is 11.1 Å². The van der Waals surface area contributed by atoms with Crippen LogP contribution in [0.3, 0.4) is 0 Å². The smallest absolute Gasteiger partial charge is 0.141 e. The normalized spacial score (nSPS) is 9.95. The van der Waals surface area contributed by atoms with Gasteiger partial charge in [0.05, 0.1) is 17.5 Å². The van der Waals surface area contributed by atoms with E-state index in [1.807, 2.05) is 24.3 Å². The van der Waals surface area contributed by atoms with Crippen molar-refractivity contribution in [1.82, 2.24) is 0 Å². The van der Waals surface area contributed by atoms with E-state index in [0.29, 0.717) is 13.0 Å². The molecule has 96 valence electrons. The first kappa shape index (κ1) is 13.4. The lowest BCUT2D eigenvalue weighted by Gasteiger charge is -2.07. The molecule has 0 radical (unpaired) electrons. The number of halogens is 2. The van der Waals surface area contributed by atoms with Crippen molar-refractivity contribution in [3.8, 4) is 6.07 Å². The average molecular weight is 275 g/mol. The highest BCUT2D eigenvalue weighted by Gasteiger charge is 2.01. The Hall–Kier alpha value is -2.05. The lowest BCUT2D eigenvalue weighted by atomic mass is 10.1. The van der Waals surface area contributed by atoms with Crippen molar-refractivity contribution in [3.05, 3.63) is 64.4 Å². The first-order valence-corrected chi connectivity index (χ1v) is 6.20. The molecule has 0 amide bonds. The Bertz CT molecular complexity index is 603. The summed E-state index contributed by atoms with van der Waals surface area (Å²) in [6, 6.07) is 14.4. The van der Waals surface area contributed by atoms with Gasteiger partial charge in [-0.1, -0.05) is 29.8 Å². The molecule has 0 spiro atoms. The van der Waals surface area contributed by atoms with Gasteiger partial charge >= 0.3 is 0 Å². The Balaban J connectivity index is 1.98. The molecule has 0 unspecified atom stereocenters. The number of hydrogen-bond acceptors (Lipinski definition) is 2. The highest BCUT2D eigenvalue weighted by atomic mass is 35.5. The van der Waals surface area contributed by atoms with E-state index in [-0.39, 0.29) is 5.02 Å². The fourth-order valence-electron chi connectivity index (χ4n) is 1.69. The predicted molar refractivity (Wildman–Crippen MR) is 74.5 cm³/mol. The van der Waals surface area contributed by atoms with E-state index >= 15 is 0 Å². The molecule has 0 saturated carbocycles. The second-order valence-corrected chi connectivity index (χ2v) is 4.54. The van der Waals surface area contributed by atoms with Crippen LogP contribution in [0.5, 0.6) is 0 Å². The second-order valence-electron chi connectivity index (χ2n) is 4.13. The van der Waals surface area contributed by atoms with Gasteiger partial charge < -0.3 is 5.32 Å². The third-order valence-electron chi connectivity index (χ3n) is 2.72. The standard InChI is InChI=1S/C15H12ClFN2/c16-14-9-12(3-6-15(14)17)10-19-13-4-1-11(2-5-13)7-8-18/h1-6,9,19H,7,10H2. The number of nitrogens with zero attached hydrogens (tertiary/aromatic N) is 1. The number of nitrogens with one attached hydrogen (secondary N) is 1. The molecule has 2 aromatic carbocycles. The third kappa shape index (κ3) is 3.70. The molecule has 0 bridgehead atoms. The molecular formula is C15H12ClFN2. The third-order valence-corrected chi connectivity index (χ3v) is 3.01. The molecule has 2 aromatic rings. The van der Waals surface area contributed by atoms with Crippen molar-refractivity contribution >= 4 is 17.3 Å². The number of hydrogen-bond donors (Lipinski definition) is 1. The minimum absolute atomic E-state index is 0.128. The van der Waals surface area contributed by atoms with Gasteiger partial charge in [0.25, 0.3) is 0 Å². The zero-order valence-corrected chi connectivity index (χ0v) is 10.9. The van der Waals surface area contributed by atoms with Crippen LogP contribution in [0.15, 0.2) is 42.5 Å². The van der Waals surface area contributed by atoms with Gasteiger partial charge in [0.15, 0.2) is 0 Å². The summed E-state index contributed by atoms with van der Waals surface area (Å²) < 4.78 is 13.0. The summed E-state index contributed by atoms with van der Waals surface area (Å²) in [6.07, 6.45) is 0.411. The van der Waals surface area contributed by atoms with Gasteiger partial charge in [-0.3, -0.25) is 0 Å². The van der Waals surface area contributed by atoms with Gasteiger partial charge in [0.2, 0.25) is 0 Å². The summed E-state index contributed by atoms with van der Waals surface area (Å²) in [5.41, 5.74) is 2.84. The maximum atomic E-state index is 13.0. The number of nitriles is 1. The zero-order chi connectivity index (χ0) is 13.7. The Kier molecular flexibility index (Phi) is 4.38. The first-order valence-electron chi connectivity index (χ1n) is 5.83. The van der Waals surface area contributed by atoms with Crippen LogP contribution >= 0.6 is 11.6 Å². The maximum absolute atomic E-state index is 13.0. The van der Waals surface area contributed by atoms with Gasteiger partial charge in [0, 0.05) is 12.2 Å². The largest absolute Gasteiger partial charge is 0.381 e. The molecule has 2 nitrogen and oxygen atoms in total. The van der Waals surface area contributed by atoms with E-state index in [0.717, 1.165) is 16.8 Å². The molecule has 1 N–H and O–H groups in total. The van der Waals surface area contributed by atoms with E-state index in [1.54, 1.807) is 12.1 Å². The number of benzene rings is 2. The number of rotatable bonds is 4. The van der Waals surface area contributed by atoms with Crippen molar-refractivity contribution in [3.63, 3.8) is 0 Å². The second kappa shape index (κ2) is 6.21. The van der Waals surface area contributed by atoms with Crippen LogP contribution in [0.25, 0.3) is 0 Å². The Morgan fingerprint density at radius 1 is 1.11 bits per heavy atom. The van der Waals surface area contributed by atoms with Crippen molar-refractivity contribution in [2.75, 3.05) is 5.32 Å². The van der Waals surface area contributed by atoms with Gasteiger partial charge in [-0.05, 0) is 35.4 Å². The van der Waals surface area contributed by atoms with Crippen LogP contribution in [-0.4, -0.2) is 0 Å². The molecule has 0 fully saturated rings. The highest BCUT2D eigenvalue weighted by molar-refractivity contribution is 6.30. The Labute approximate surface area is 116 Å². The molecule has 0 atom stereocenters. The summed E-state index contributed by atoms with van der Waals surface area (Å²) >= 11 is 5.72. The Morgan fingerprint density at radius 3 is 2.42 bits per heavy atom. The molecule has 19 heavy (non-hydrogen) atoms. The van der Waals surface area contributed by atoms with Crippen molar-refractivity contribution in [1.29, 1.82) is 5.26 Å². The van der Waals surface area contributed by atoms with Crippen molar-refractivity contribution < 1.29 is 4.39 Å². The van der Waals surface area contributed by atoms with E-state index in [9.17, 15) is 4.39 Å². The van der Waals surface area contributed by atoms with E-state index < -0.39 is 5.82 Å². The lowest BCUT2D eigenvalue weighted by molar-refractivity contribution is 0.627. The van der Waals surface area contributed by atoms with Gasteiger partial charge in [-0.15, -0.1) is 0 Å². The maximum Gasteiger partial charge on any atom is 0.141 e. The topological polar surface area (TPSA) is 35.8 Å². The fourth-order valence-corrected chi connectivity index (χ4v) is 1.89. The monoisotopic (exact) mass is 274 g/mol. The van der Waals surface area contributed by atoms with Crippen LogP contribution in [0, 0.1) is 17.1 Å². The highest BCUT2D eigenvalue weighted by Crippen LogP contribution is 2.17. The SMILES string of the molecule is N#CCc1ccc(NCc2ccc(F)c(Cl)c2)cc1. The van der Waals surface area contributed by atoms with E-state index in [1.165, 1.54) is 6.07 Å². The first-order chi connectivity index (χ1) is 9.19. The van der Waals surface area contributed by atoms with Crippen LogP contribution in [0.4, 0.5) is 10.1 Å². The fraction of sp³-hybridized carbons (Fsp3) is 0.133. The summed E-state index contributed by atoms with van der Waals surface area (Å²) in [6.45, 7) is 0.567. The summed E-state index contributed by atoms with van der Waals surface area (Å²) in [5, 5.41) is 11.9.